The molecule has 0 aromatic carbocycles. The smallest absolute Gasteiger partial charge is 1.00 e. The molecule has 3 heteroatoms. The Kier molecular flexibility index (Phi) is 12.6. The van der Waals surface area contributed by atoms with Crippen molar-refractivity contribution in [1.82, 2.24) is 0 Å². The van der Waals surface area contributed by atoms with Crippen molar-refractivity contribution >= 4 is 43.7 Å². The molecule has 0 saturated carbocycles. The van der Waals surface area contributed by atoms with Crippen LogP contribution in [0.3, 0.4) is 0 Å². The zero-order valence-corrected chi connectivity index (χ0v) is 12.2. The van der Waals surface area contributed by atoms with Gasteiger partial charge in [0.1, 0.15) is 0 Å². The summed E-state index contributed by atoms with van der Waals surface area (Å²) in [6.07, 6.45) is 2.64. The largest absolute Gasteiger partial charge is 2.00 e. The fraction of sp³-hybridized carbons (Fsp3) is 0.909. The number of carbonyl (C=O) groups is 1. The number of rotatable bonds is 6. The first kappa shape index (κ1) is 17.1. The van der Waals surface area contributed by atoms with Crippen LogP contribution in [-0.4, -0.2) is 50.3 Å². The molecule has 0 aromatic rings. The van der Waals surface area contributed by atoms with Gasteiger partial charge >= 0.3 is 43.7 Å². The minimum Gasteiger partial charge on any atom is -1.00 e. The minimum absolute atomic E-state index is 0. The van der Waals surface area contributed by atoms with Gasteiger partial charge in [0.15, 0.2) is 0 Å². The molecule has 0 saturated heterocycles. The summed E-state index contributed by atoms with van der Waals surface area (Å²) in [5.41, 5.74) is 0. The molecule has 0 rings (SSSR count). The normalized spacial score (nSPS) is 10.1. The van der Waals surface area contributed by atoms with Crippen molar-refractivity contribution in [1.29, 1.82) is 0 Å². The van der Waals surface area contributed by atoms with Gasteiger partial charge in [0.05, 0.1) is 6.61 Å². The van der Waals surface area contributed by atoms with Gasteiger partial charge in [0.2, 0.25) is 0 Å². The maximum atomic E-state index is 11.1. The minimum atomic E-state index is -0.0469. The summed E-state index contributed by atoms with van der Waals surface area (Å²) in [6, 6.07) is 0. The Morgan fingerprint density at radius 3 is 2.21 bits per heavy atom. The van der Waals surface area contributed by atoms with Gasteiger partial charge in [-0.05, 0) is 18.3 Å². The summed E-state index contributed by atoms with van der Waals surface area (Å²) in [7, 11) is 0. The first-order chi connectivity index (χ1) is 6.02. The maximum absolute atomic E-state index is 11.1. The quantitative estimate of drug-likeness (QED) is 0.516. The summed E-state index contributed by atoms with van der Waals surface area (Å²) in [5, 5.41) is 0. The van der Waals surface area contributed by atoms with Crippen LogP contribution in [0.1, 0.15) is 49.8 Å². The second-order valence-electron chi connectivity index (χ2n) is 4.36. The third-order valence-corrected chi connectivity index (χ3v) is 1.74. The van der Waals surface area contributed by atoms with E-state index in [4.69, 9.17) is 4.74 Å². The fourth-order valence-electron chi connectivity index (χ4n) is 0.986. The van der Waals surface area contributed by atoms with Crippen LogP contribution in [0.15, 0.2) is 0 Å². The van der Waals surface area contributed by atoms with Crippen LogP contribution < -0.4 is 0 Å². The molecule has 0 unspecified atom stereocenters. The number of ether oxygens (including phenoxy) is 1. The molecule has 0 spiro atoms. The molecule has 0 N–H and O–H groups in total. The molecule has 0 heterocycles. The molecule has 14 heavy (non-hydrogen) atoms. The summed E-state index contributed by atoms with van der Waals surface area (Å²) in [5.74, 6) is 1.07. The van der Waals surface area contributed by atoms with Gasteiger partial charge in [0.25, 0.3) is 0 Å². The van der Waals surface area contributed by atoms with Crippen LogP contribution in [-0.2, 0) is 9.53 Å². The third kappa shape index (κ3) is 12.7. The standard InChI is InChI=1S/C11H22O2.Ca.2H/c1-9(2)6-5-7-11(12)13-8-10(3)4;;;/h9-10H,5-8H2,1-4H3;;;/q;+2;2*-1. The molecule has 0 bridgehead atoms. The van der Waals surface area contributed by atoms with Gasteiger partial charge in [-0.1, -0.05) is 34.1 Å². The van der Waals surface area contributed by atoms with E-state index >= 15 is 0 Å². The Balaban J connectivity index is -0.000000240. The van der Waals surface area contributed by atoms with Crippen molar-refractivity contribution < 1.29 is 12.4 Å². The van der Waals surface area contributed by atoms with Crippen LogP contribution >= 0.6 is 0 Å². The molecule has 0 atom stereocenters. The first-order valence-electron chi connectivity index (χ1n) is 5.18. The molecule has 2 nitrogen and oxygen atoms in total. The van der Waals surface area contributed by atoms with E-state index in [0.29, 0.717) is 24.9 Å². The second kappa shape index (κ2) is 10.3. The zero-order chi connectivity index (χ0) is 10.3. The molecule has 0 fully saturated rings. The van der Waals surface area contributed by atoms with Crippen LogP contribution in [0, 0.1) is 11.8 Å². The zero-order valence-electron chi connectivity index (χ0n) is 12.0. The number of hydrogen-bond donors (Lipinski definition) is 0. The first-order valence-corrected chi connectivity index (χ1v) is 5.18. The summed E-state index contributed by atoms with van der Waals surface area (Å²) in [4.78, 5) is 11.1. The Labute approximate surface area is 121 Å². The van der Waals surface area contributed by atoms with E-state index in [1.54, 1.807) is 0 Å². The average molecular weight is 228 g/mol. The second-order valence-corrected chi connectivity index (χ2v) is 4.36. The fourth-order valence-corrected chi connectivity index (χ4v) is 0.986. The van der Waals surface area contributed by atoms with Crippen molar-refractivity contribution in [3.8, 4) is 0 Å². The Bertz CT molecular complexity index is 153. The van der Waals surface area contributed by atoms with Crippen molar-refractivity contribution in [3.05, 3.63) is 0 Å². The SMILES string of the molecule is CC(C)CCCC(=O)OCC(C)C.[Ca+2].[H-].[H-]. The Hall–Kier alpha value is 0.730. The predicted octanol–water partition coefficient (Wildman–Crippen LogP) is 2.86. The molecular formula is C11H24CaO2. The maximum Gasteiger partial charge on any atom is 2.00 e. The molecule has 0 aliphatic carbocycles. The summed E-state index contributed by atoms with van der Waals surface area (Å²) in [6.45, 7) is 8.97. The van der Waals surface area contributed by atoms with E-state index in [1.165, 1.54) is 0 Å². The molecule has 0 radical (unpaired) electrons. The summed E-state index contributed by atoms with van der Waals surface area (Å²) < 4.78 is 5.05. The van der Waals surface area contributed by atoms with E-state index in [1.807, 2.05) is 13.8 Å². The van der Waals surface area contributed by atoms with E-state index in [0.717, 1.165) is 12.8 Å². The molecule has 0 amide bonds. The van der Waals surface area contributed by atoms with E-state index in [-0.39, 0.29) is 46.6 Å². The average Bonchev–Trinajstić information content (AvgIpc) is 2.00. The molecular weight excluding hydrogens is 204 g/mol. The van der Waals surface area contributed by atoms with Crippen LogP contribution in [0.4, 0.5) is 0 Å². The van der Waals surface area contributed by atoms with Crippen molar-refractivity contribution in [2.75, 3.05) is 6.61 Å². The number of hydrogen-bond acceptors (Lipinski definition) is 2. The van der Waals surface area contributed by atoms with Crippen molar-refractivity contribution in [2.45, 2.75) is 47.0 Å². The van der Waals surface area contributed by atoms with E-state index < -0.39 is 0 Å². The molecule has 0 aromatic heterocycles. The van der Waals surface area contributed by atoms with Crippen molar-refractivity contribution in [2.24, 2.45) is 11.8 Å². The van der Waals surface area contributed by atoms with Crippen LogP contribution in [0.2, 0.25) is 0 Å². The van der Waals surface area contributed by atoms with Crippen LogP contribution in [0.5, 0.6) is 0 Å². The van der Waals surface area contributed by atoms with Crippen LogP contribution in [0.25, 0.3) is 0 Å². The molecule has 82 valence electrons. The Morgan fingerprint density at radius 2 is 1.79 bits per heavy atom. The van der Waals surface area contributed by atoms with Gasteiger partial charge < -0.3 is 7.59 Å². The van der Waals surface area contributed by atoms with Gasteiger partial charge in [-0.25, -0.2) is 0 Å². The monoisotopic (exact) mass is 228 g/mol. The van der Waals surface area contributed by atoms with Gasteiger partial charge in [-0.2, -0.15) is 0 Å². The number of carbonyl (C=O) groups excluding carboxylic acids is 1. The summed E-state index contributed by atoms with van der Waals surface area (Å²) >= 11 is 0. The van der Waals surface area contributed by atoms with Crippen molar-refractivity contribution in [3.63, 3.8) is 0 Å². The Morgan fingerprint density at radius 1 is 1.21 bits per heavy atom. The van der Waals surface area contributed by atoms with E-state index in [2.05, 4.69) is 13.8 Å². The molecule has 0 aliphatic heterocycles. The van der Waals surface area contributed by atoms with Gasteiger partial charge in [-0.3, -0.25) is 4.79 Å². The van der Waals surface area contributed by atoms with Gasteiger partial charge in [-0.15, -0.1) is 0 Å². The number of esters is 1. The van der Waals surface area contributed by atoms with Gasteiger partial charge in [0, 0.05) is 6.42 Å². The third-order valence-electron chi connectivity index (χ3n) is 1.74. The topological polar surface area (TPSA) is 26.3 Å². The molecule has 0 aliphatic rings. The van der Waals surface area contributed by atoms with E-state index in [9.17, 15) is 4.79 Å². The predicted molar refractivity (Wildman–Crippen MR) is 62.5 cm³/mol.